The smallest absolute Gasteiger partial charge is 0.414 e. The zero-order chi connectivity index (χ0) is 15.7. The molecule has 0 radical (unpaired) electrons. The monoisotopic (exact) mass is 308 g/mol. The Morgan fingerprint density at radius 1 is 1.27 bits per heavy atom. The minimum atomic E-state index is -0.588. The highest BCUT2D eigenvalue weighted by Gasteiger charge is 2.32. The van der Waals surface area contributed by atoms with Crippen LogP contribution >= 0.6 is 0 Å². The number of nitrogens with zero attached hydrogens (tertiary/aromatic N) is 2. The van der Waals surface area contributed by atoms with Crippen molar-refractivity contribution in [3.05, 3.63) is 24.0 Å². The summed E-state index contributed by atoms with van der Waals surface area (Å²) in [6.07, 6.45) is -0.312. The molecular weight excluding hydrogens is 291 g/mol. The lowest BCUT2D eigenvalue weighted by Gasteiger charge is -2.28. The zero-order valence-corrected chi connectivity index (χ0v) is 12.0. The summed E-state index contributed by atoms with van der Waals surface area (Å²) in [6, 6.07) is 4.54. The fourth-order valence-electron chi connectivity index (χ4n) is 2.74. The summed E-state index contributed by atoms with van der Waals surface area (Å²) < 4.78 is 19.3. The van der Waals surface area contributed by atoms with Gasteiger partial charge in [0.1, 0.15) is 17.7 Å². The number of amides is 1. The number of piperidine rings is 1. The molecule has 2 aliphatic heterocycles. The highest BCUT2D eigenvalue weighted by Crippen LogP contribution is 2.29. The second-order valence-electron chi connectivity index (χ2n) is 5.46. The van der Waals surface area contributed by atoms with Crippen LogP contribution in [-0.2, 0) is 9.53 Å². The molecule has 0 aromatic heterocycles. The van der Waals surface area contributed by atoms with Crippen LogP contribution in [0.25, 0.3) is 0 Å². The molecule has 118 valence electrons. The van der Waals surface area contributed by atoms with Gasteiger partial charge < -0.3 is 14.7 Å². The van der Waals surface area contributed by atoms with Crippen LogP contribution in [0.3, 0.4) is 0 Å². The van der Waals surface area contributed by atoms with Crippen LogP contribution in [-0.4, -0.2) is 49.3 Å². The molecular formula is C15H17FN2O4. The lowest BCUT2D eigenvalue weighted by molar-refractivity contribution is -0.119. The van der Waals surface area contributed by atoms with E-state index in [1.165, 1.54) is 11.0 Å². The van der Waals surface area contributed by atoms with Gasteiger partial charge in [-0.3, -0.25) is 9.69 Å². The average molecular weight is 308 g/mol. The lowest BCUT2D eigenvalue weighted by atomic mass is 10.1. The first kappa shape index (κ1) is 14.8. The third-order valence-electron chi connectivity index (χ3n) is 3.98. The molecule has 0 bridgehead atoms. The number of anilines is 2. The van der Waals surface area contributed by atoms with Gasteiger partial charge in [-0.25, -0.2) is 9.18 Å². The predicted molar refractivity (Wildman–Crippen MR) is 77.6 cm³/mol. The molecule has 2 saturated heterocycles. The van der Waals surface area contributed by atoms with Gasteiger partial charge >= 0.3 is 6.09 Å². The van der Waals surface area contributed by atoms with Crippen LogP contribution in [0.5, 0.6) is 0 Å². The Balaban J connectivity index is 1.78. The van der Waals surface area contributed by atoms with Crippen LogP contribution in [0.2, 0.25) is 0 Å². The molecule has 1 amide bonds. The molecule has 1 unspecified atom stereocenters. The van der Waals surface area contributed by atoms with Crippen LogP contribution in [0.1, 0.15) is 12.8 Å². The van der Waals surface area contributed by atoms with Crippen molar-refractivity contribution < 1.29 is 23.8 Å². The molecule has 22 heavy (non-hydrogen) atoms. The number of cyclic esters (lactones) is 1. The van der Waals surface area contributed by atoms with Gasteiger partial charge in [0.05, 0.1) is 24.5 Å². The van der Waals surface area contributed by atoms with Crippen molar-refractivity contribution in [2.45, 2.75) is 18.9 Å². The van der Waals surface area contributed by atoms with Gasteiger partial charge in [-0.2, -0.15) is 0 Å². The molecule has 3 rings (SSSR count). The van der Waals surface area contributed by atoms with Crippen molar-refractivity contribution >= 4 is 23.3 Å². The number of carbonyl (C=O) groups excluding carboxylic acids is 2. The van der Waals surface area contributed by atoms with Crippen LogP contribution < -0.4 is 9.80 Å². The minimum absolute atomic E-state index is 0.197. The fourth-order valence-corrected chi connectivity index (χ4v) is 2.74. The first-order valence-corrected chi connectivity index (χ1v) is 7.23. The van der Waals surface area contributed by atoms with Gasteiger partial charge in [0.15, 0.2) is 0 Å². The van der Waals surface area contributed by atoms with Crippen molar-refractivity contribution in [1.29, 1.82) is 0 Å². The maximum Gasteiger partial charge on any atom is 0.414 e. The van der Waals surface area contributed by atoms with Crippen molar-refractivity contribution in [2.24, 2.45) is 0 Å². The van der Waals surface area contributed by atoms with Crippen molar-refractivity contribution in [1.82, 2.24) is 0 Å². The van der Waals surface area contributed by atoms with E-state index in [0.717, 1.165) is 0 Å². The van der Waals surface area contributed by atoms with Crippen molar-refractivity contribution in [2.75, 3.05) is 36.0 Å². The highest BCUT2D eigenvalue weighted by molar-refractivity contribution is 5.90. The van der Waals surface area contributed by atoms with E-state index in [0.29, 0.717) is 37.3 Å². The van der Waals surface area contributed by atoms with E-state index in [1.807, 2.05) is 4.90 Å². The van der Waals surface area contributed by atoms with Crippen LogP contribution in [0, 0.1) is 5.82 Å². The summed E-state index contributed by atoms with van der Waals surface area (Å²) in [5.41, 5.74) is 0.831. The molecule has 1 aromatic carbocycles. The zero-order valence-electron chi connectivity index (χ0n) is 12.0. The molecule has 1 N–H and O–H groups in total. The first-order chi connectivity index (χ1) is 10.6. The minimum Gasteiger partial charge on any atom is -0.441 e. The Morgan fingerprint density at radius 3 is 2.59 bits per heavy atom. The Labute approximate surface area is 127 Å². The first-order valence-electron chi connectivity index (χ1n) is 7.23. The Kier molecular flexibility index (Phi) is 3.98. The maximum atomic E-state index is 14.3. The summed E-state index contributed by atoms with van der Waals surface area (Å²) >= 11 is 0. The summed E-state index contributed by atoms with van der Waals surface area (Å²) in [6.45, 7) is 0.956. The molecule has 6 nitrogen and oxygen atoms in total. The average Bonchev–Trinajstić information content (AvgIpc) is 2.89. The predicted octanol–water partition coefficient (Wildman–Crippen LogP) is 1.31. The number of Topliss-reactive ketones (excluding diaryl/α,β-unsaturated/α-hetero) is 1. The molecule has 0 saturated carbocycles. The number of hydrogen-bond donors (Lipinski definition) is 1. The Morgan fingerprint density at radius 2 is 2.00 bits per heavy atom. The molecule has 2 fully saturated rings. The van der Waals surface area contributed by atoms with Gasteiger partial charge in [0.25, 0.3) is 0 Å². The standard InChI is InChI=1S/C15H17FN2O4/c16-13-7-10(18-8-12(9-19)22-15(18)21)1-2-14(13)17-5-3-11(20)4-6-17/h1-2,7,12,19H,3-6,8-9H2. The fraction of sp³-hybridized carbons (Fsp3) is 0.467. The van der Waals surface area contributed by atoms with Gasteiger partial charge in [0.2, 0.25) is 0 Å². The number of ketones is 1. The van der Waals surface area contributed by atoms with Crippen LogP contribution in [0.4, 0.5) is 20.6 Å². The van der Waals surface area contributed by atoms with Gasteiger partial charge in [0, 0.05) is 25.9 Å². The number of ether oxygens (including phenoxy) is 1. The van der Waals surface area contributed by atoms with E-state index in [9.17, 15) is 14.0 Å². The Hall–Kier alpha value is -2.15. The molecule has 1 atom stereocenters. The Bertz CT molecular complexity index is 597. The number of rotatable bonds is 3. The van der Waals surface area contributed by atoms with Gasteiger partial charge in [-0.1, -0.05) is 0 Å². The topological polar surface area (TPSA) is 70.1 Å². The van der Waals surface area contributed by atoms with Crippen LogP contribution in [0.15, 0.2) is 18.2 Å². The maximum absolute atomic E-state index is 14.3. The number of halogens is 1. The number of benzene rings is 1. The molecule has 1 aromatic rings. The van der Waals surface area contributed by atoms with E-state index in [4.69, 9.17) is 9.84 Å². The number of carbonyl (C=O) groups is 2. The SMILES string of the molecule is O=C1CCN(c2ccc(N3CC(CO)OC3=O)cc2F)CC1. The van der Waals surface area contributed by atoms with E-state index in [1.54, 1.807) is 12.1 Å². The summed E-state index contributed by atoms with van der Waals surface area (Å²) in [5, 5.41) is 9.03. The van der Waals surface area contributed by atoms with E-state index in [-0.39, 0.29) is 18.9 Å². The number of aliphatic hydroxyl groups excluding tert-OH is 1. The highest BCUT2D eigenvalue weighted by atomic mass is 19.1. The van der Waals surface area contributed by atoms with Crippen molar-refractivity contribution in [3.63, 3.8) is 0 Å². The van der Waals surface area contributed by atoms with Gasteiger partial charge in [-0.15, -0.1) is 0 Å². The lowest BCUT2D eigenvalue weighted by Crippen LogP contribution is -2.34. The third-order valence-corrected chi connectivity index (χ3v) is 3.98. The normalized spacial score (nSPS) is 22.2. The van der Waals surface area contributed by atoms with E-state index < -0.39 is 18.0 Å². The van der Waals surface area contributed by atoms with E-state index in [2.05, 4.69) is 0 Å². The quantitative estimate of drug-likeness (QED) is 0.912. The third kappa shape index (κ3) is 2.76. The second kappa shape index (κ2) is 5.92. The molecule has 0 aliphatic carbocycles. The molecule has 2 aliphatic rings. The number of hydrogen-bond acceptors (Lipinski definition) is 5. The molecule has 0 spiro atoms. The van der Waals surface area contributed by atoms with Gasteiger partial charge in [-0.05, 0) is 18.2 Å². The summed E-state index contributed by atoms with van der Waals surface area (Å²) in [7, 11) is 0. The van der Waals surface area contributed by atoms with E-state index >= 15 is 0 Å². The largest absolute Gasteiger partial charge is 0.441 e. The van der Waals surface area contributed by atoms with Crippen molar-refractivity contribution in [3.8, 4) is 0 Å². The summed E-state index contributed by atoms with van der Waals surface area (Å²) in [5.74, 6) is -0.241. The summed E-state index contributed by atoms with van der Waals surface area (Å²) in [4.78, 5) is 26.1. The molecule has 7 heteroatoms. The number of aliphatic hydroxyl groups is 1. The molecule has 2 heterocycles. The second-order valence-corrected chi connectivity index (χ2v) is 5.46.